The number of rotatable bonds is 4. The number of aromatic nitrogens is 1. The molecule has 0 spiro atoms. The highest BCUT2D eigenvalue weighted by Crippen LogP contribution is 2.39. The van der Waals surface area contributed by atoms with Crippen LogP contribution in [0.2, 0.25) is 0 Å². The molecule has 2 aliphatic rings. The number of hydrogen-bond acceptors (Lipinski definition) is 7. The van der Waals surface area contributed by atoms with Crippen molar-refractivity contribution in [2.75, 3.05) is 23.3 Å². The highest BCUT2D eigenvalue weighted by atomic mass is 32.2. The summed E-state index contributed by atoms with van der Waals surface area (Å²) in [4.78, 5) is 34.7. The number of aliphatic hydroxyl groups is 1. The third-order valence-corrected chi connectivity index (χ3v) is 7.75. The van der Waals surface area contributed by atoms with Crippen molar-refractivity contribution in [3.63, 3.8) is 0 Å². The molecule has 3 N–H and O–H groups in total. The van der Waals surface area contributed by atoms with Crippen LogP contribution in [-0.2, 0) is 6.54 Å². The van der Waals surface area contributed by atoms with Crippen LogP contribution in [0.3, 0.4) is 0 Å². The SMILES string of the molecule is O=C(NCc1cnc(N2CCC(O)CC2)s1)c1ccc2c(c1)NC(=O)c1ccccc1S2. The fourth-order valence-electron chi connectivity index (χ4n) is 3.76. The van der Waals surface area contributed by atoms with E-state index >= 15 is 0 Å². The highest BCUT2D eigenvalue weighted by Gasteiger charge is 2.22. The number of thiazole rings is 1. The molecular weight excluding hydrogens is 444 g/mol. The average molecular weight is 467 g/mol. The van der Waals surface area contributed by atoms with E-state index in [1.807, 2.05) is 24.3 Å². The van der Waals surface area contributed by atoms with Gasteiger partial charge < -0.3 is 20.6 Å². The van der Waals surface area contributed by atoms with Gasteiger partial charge in [0.1, 0.15) is 0 Å². The number of nitrogens with zero attached hydrogens (tertiary/aromatic N) is 2. The van der Waals surface area contributed by atoms with Gasteiger partial charge in [-0.3, -0.25) is 9.59 Å². The third-order valence-electron chi connectivity index (χ3n) is 5.54. The van der Waals surface area contributed by atoms with Gasteiger partial charge in [0.05, 0.1) is 23.9 Å². The number of anilines is 2. The molecule has 5 rings (SSSR count). The van der Waals surface area contributed by atoms with Gasteiger partial charge in [-0.15, -0.1) is 11.3 Å². The zero-order valence-electron chi connectivity index (χ0n) is 17.2. The molecule has 0 saturated carbocycles. The lowest BCUT2D eigenvalue weighted by molar-refractivity contribution is 0.0949. The maximum atomic E-state index is 12.7. The average Bonchev–Trinajstić information content (AvgIpc) is 3.23. The first-order valence-electron chi connectivity index (χ1n) is 10.4. The Kier molecular flexibility index (Phi) is 5.86. The molecule has 7 nitrogen and oxygen atoms in total. The number of piperidine rings is 1. The summed E-state index contributed by atoms with van der Waals surface area (Å²) >= 11 is 3.07. The van der Waals surface area contributed by atoms with E-state index in [1.165, 1.54) is 11.8 Å². The van der Waals surface area contributed by atoms with Gasteiger partial charge in [-0.2, -0.15) is 0 Å². The van der Waals surface area contributed by atoms with Crippen LogP contribution >= 0.6 is 23.1 Å². The summed E-state index contributed by atoms with van der Waals surface area (Å²) in [6.45, 7) is 1.98. The smallest absolute Gasteiger partial charge is 0.256 e. The van der Waals surface area contributed by atoms with E-state index in [-0.39, 0.29) is 17.9 Å². The third kappa shape index (κ3) is 4.36. The molecule has 1 aromatic heterocycles. The number of amides is 2. The summed E-state index contributed by atoms with van der Waals surface area (Å²) in [6, 6.07) is 12.8. The minimum Gasteiger partial charge on any atom is -0.393 e. The minimum atomic E-state index is -0.219. The second kappa shape index (κ2) is 8.93. The molecule has 0 atom stereocenters. The van der Waals surface area contributed by atoms with E-state index in [2.05, 4.69) is 20.5 Å². The van der Waals surface area contributed by atoms with E-state index in [0.717, 1.165) is 45.7 Å². The normalized spacial score (nSPS) is 16.0. The topological polar surface area (TPSA) is 94.6 Å². The Morgan fingerprint density at radius 3 is 2.84 bits per heavy atom. The van der Waals surface area contributed by atoms with Crippen molar-refractivity contribution in [1.82, 2.24) is 10.3 Å². The van der Waals surface area contributed by atoms with Gasteiger partial charge in [0.15, 0.2) is 5.13 Å². The van der Waals surface area contributed by atoms with Crippen LogP contribution in [-0.4, -0.2) is 41.1 Å². The van der Waals surface area contributed by atoms with Crippen LogP contribution in [0.25, 0.3) is 0 Å². The quantitative estimate of drug-likeness (QED) is 0.542. The van der Waals surface area contributed by atoms with Crippen molar-refractivity contribution in [1.29, 1.82) is 0 Å². The molecule has 2 aliphatic heterocycles. The van der Waals surface area contributed by atoms with Crippen LogP contribution in [0.15, 0.2) is 58.5 Å². The molecule has 0 radical (unpaired) electrons. The Morgan fingerprint density at radius 2 is 2.00 bits per heavy atom. The number of nitrogens with one attached hydrogen (secondary N) is 2. The minimum absolute atomic E-state index is 0.174. The number of carbonyl (C=O) groups is 2. The fraction of sp³-hybridized carbons (Fsp3) is 0.261. The first-order chi connectivity index (χ1) is 15.6. The lowest BCUT2D eigenvalue weighted by atomic mass is 10.1. The van der Waals surface area contributed by atoms with Gasteiger partial charge >= 0.3 is 0 Å². The van der Waals surface area contributed by atoms with E-state index in [1.54, 1.807) is 35.7 Å². The second-order valence-electron chi connectivity index (χ2n) is 7.77. The molecule has 2 amide bonds. The van der Waals surface area contributed by atoms with Crippen molar-refractivity contribution >= 4 is 45.7 Å². The molecule has 2 aromatic carbocycles. The van der Waals surface area contributed by atoms with E-state index < -0.39 is 0 Å². The van der Waals surface area contributed by atoms with E-state index in [4.69, 9.17) is 0 Å². The summed E-state index contributed by atoms with van der Waals surface area (Å²) in [6.07, 6.45) is 3.08. The first-order valence-corrected chi connectivity index (χ1v) is 12.1. The van der Waals surface area contributed by atoms with Crippen molar-refractivity contribution < 1.29 is 14.7 Å². The predicted octanol–water partition coefficient (Wildman–Crippen LogP) is 3.75. The molecular formula is C23H22N4O3S2. The number of hydrogen-bond donors (Lipinski definition) is 3. The largest absolute Gasteiger partial charge is 0.393 e. The number of fused-ring (bicyclic) bond motifs is 2. The summed E-state index contributed by atoms with van der Waals surface area (Å²) in [5, 5.41) is 16.5. The Hall–Kier alpha value is -2.88. The van der Waals surface area contributed by atoms with Crippen LogP contribution < -0.4 is 15.5 Å². The second-order valence-corrected chi connectivity index (χ2v) is 9.95. The number of benzene rings is 2. The molecule has 3 aromatic rings. The molecule has 164 valence electrons. The Bertz CT molecular complexity index is 1170. The van der Waals surface area contributed by atoms with Gasteiger partial charge in [0.25, 0.3) is 11.8 Å². The summed E-state index contributed by atoms with van der Waals surface area (Å²) in [5.41, 5.74) is 1.76. The maximum Gasteiger partial charge on any atom is 0.256 e. The zero-order valence-corrected chi connectivity index (χ0v) is 18.8. The Morgan fingerprint density at radius 1 is 1.19 bits per heavy atom. The van der Waals surface area contributed by atoms with Gasteiger partial charge in [0.2, 0.25) is 0 Å². The molecule has 9 heteroatoms. The van der Waals surface area contributed by atoms with Crippen LogP contribution in [0.4, 0.5) is 10.8 Å². The predicted molar refractivity (Wildman–Crippen MR) is 126 cm³/mol. The maximum absolute atomic E-state index is 12.7. The monoisotopic (exact) mass is 466 g/mol. The van der Waals surface area contributed by atoms with Crippen LogP contribution in [0.5, 0.6) is 0 Å². The summed E-state index contributed by atoms with van der Waals surface area (Å²) in [7, 11) is 0. The number of carbonyl (C=O) groups excluding carboxylic acids is 2. The lowest BCUT2D eigenvalue weighted by Crippen LogP contribution is -2.35. The first kappa shape index (κ1) is 21.0. The van der Waals surface area contributed by atoms with Gasteiger partial charge in [-0.05, 0) is 43.2 Å². The van der Waals surface area contributed by atoms with Crippen molar-refractivity contribution in [3.8, 4) is 0 Å². The van der Waals surface area contributed by atoms with Crippen molar-refractivity contribution in [2.45, 2.75) is 35.3 Å². The van der Waals surface area contributed by atoms with Gasteiger partial charge in [0, 0.05) is 39.5 Å². The Labute approximate surface area is 193 Å². The molecule has 32 heavy (non-hydrogen) atoms. The standard InChI is InChI=1S/C23H22N4O3S2/c28-15-7-9-27(10-8-15)23-25-13-16(31-23)12-24-21(29)14-5-6-20-18(11-14)26-22(30)17-3-1-2-4-19(17)32-20/h1-6,11,13,15,28H,7-10,12H2,(H,24,29)(H,26,30). The molecule has 0 unspecified atom stereocenters. The summed E-state index contributed by atoms with van der Waals surface area (Å²) in [5.74, 6) is -0.378. The zero-order chi connectivity index (χ0) is 22.1. The fourth-order valence-corrected chi connectivity index (χ4v) is 5.67. The number of aliphatic hydroxyl groups excluding tert-OH is 1. The lowest BCUT2D eigenvalue weighted by Gasteiger charge is -2.29. The Balaban J connectivity index is 1.24. The van der Waals surface area contributed by atoms with Gasteiger partial charge in [-0.25, -0.2) is 4.98 Å². The molecule has 0 aliphatic carbocycles. The van der Waals surface area contributed by atoms with Crippen LogP contribution in [0, 0.1) is 0 Å². The highest BCUT2D eigenvalue weighted by molar-refractivity contribution is 7.99. The molecule has 1 fully saturated rings. The molecule has 0 bridgehead atoms. The molecule has 3 heterocycles. The van der Waals surface area contributed by atoms with Crippen molar-refractivity contribution in [3.05, 3.63) is 64.7 Å². The van der Waals surface area contributed by atoms with E-state index in [0.29, 0.717) is 23.4 Å². The van der Waals surface area contributed by atoms with E-state index in [9.17, 15) is 14.7 Å². The summed E-state index contributed by atoms with van der Waals surface area (Å²) < 4.78 is 0. The van der Waals surface area contributed by atoms with Gasteiger partial charge in [-0.1, -0.05) is 23.9 Å². The van der Waals surface area contributed by atoms with Crippen molar-refractivity contribution in [2.24, 2.45) is 0 Å². The van der Waals surface area contributed by atoms with Crippen LogP contribution in [0.1, 0.15) is 38.4 Å². The molecule has 1 saturated heterocycles.